The van der Waals surface area contributed by atoms with Crippen molar-refractivity contribution in [1.82, 2.24) is 0 Å². The number of nitro groups is 1. The van der Waals surface area contributed by atoms with Gasteiger partial charge in [-0.15, -0.1) is 0 Å². The molecule has 0 spiro atoms. The zero-order valence-corrected chi connectivity index (χ0v) is 15.4. The van der Waals surface area contributed by atoms with Crippen molar-refractivity contribution < 1.29 is 28.3 Å². The van der Waals surface area contributed by atoms with Crippen molar-refractivity contribution in [3.63, 3.8) is 0 Å². The molecule has 9 heteroatoms. The second kappa shape index (κ2) is 8.28. The molecule has 0 unspecified atom stereocenters. The molecule has 0 atom stereocenters. The van der Waals surface area contributed by atoms with Gasteiger partial charge in [-0.1, -0.05) is 15.9 Å². The fraction of sp³-hybridized carbons (Fsp3) is 0.167. The Labute approximate surface area is 161 Å². The van der Waals surface area contributed by atoms with Gasteiger partial charge in [-0.2, -0.15) is 0 Å². The second-order valence-electron chi connectivity index (χ2n) is 5.57. The summed E-state index contributed by atoms with van der Waals surface area (Å²) in [6.07, 6.45) is 2.37. The summed E-state index contributed by atoms with van der Waals surface area (Å²) < 4.78 is 29.9. The molecule has 1 aliphatic heterocycles. The maximum atomic E-state index is 13.7. The van der Waals surface area contributed by atoms with Crippen molar-refractivity contribution in [2.45, 2.75) is 13.2 Å². The number of nitrogens with zero attached hydrogens (tertiary/aromatic N) is 1. The first kappa shape index (κ1) is 19.0. The van der Waals surface area contributed by atoms with E-state index in [1.807, 2.05) is 0 Å². The molecule has 0 saturated carbocycles. The van der Waals surface area contributed by atoms with Gasteiger partial charge in [0.25, 0.3) is 5.69 Å². The van der Waals surface area contributed by atoms with E-state index >= 15 is 0 Å². The van der Waals surface area contributed by atoms with Gasteiger partial charge in [-0.25, -0.2) is 9.18 Å². The summed E-state index contributed by atoms with van der Waals surface area (Å²) in [5.41, 5.74) is 0.932. The first-order chi connectivity index (χ1) is 12.9. The van der Waals surface area contributed by atoms with Crippen molar-refractivity contribution in [1.29, 1.82) is 0 Å². The van der Waals surface area contributed by atoms with Crippen molar-refractivity contribution in [3.8, 4) is 5.75 Å². The number of ether oxygens (including phenoxy) is 3. The van der Waals surface area contributed by atoms with E-state index in [9.17, 15) is 19.3 Å². The molecule has 0 bridgehead atoms. The molecular weight excluding hydrogens is 425 g/mol. The fourth-order valence-electron chi connectivity index (χ4n) is 2.49. The van der Waals surface area contributed by atoms with E-state index in [1.165, 1.54) is 30.3 Å². The SMILES string of the molecule is O=C(C=Cc1cc(Br)ccc1F)OCc1cc([N+](=O)[O-])cc2c1OCOC2. The molecule has 2 aromatic rings. The zero-order valence-electron chi connectivity index (χ0n) is 13.8. The Morgan fingerprint density at radius 1 is 1.37 bits per heavy atom. The number of hydrogen-bond donors (Lipinski definition) is 0. The molecular formula is C18H13BrFNO6. The van der Waals surface area contributed by atoms with Crippen LogP contribution in [0.2, 0.25) is 0 Å². The van der Waals surface area contributed by atoms with Gasteiger partial charge in [0.15, 0.2) is 6.79 Å². The number of hydrogen-bond acceptors (Lipinski definition) is 6. The maximum Gasteiger partial charge on any atom is 0.331 e. The van der Waals surface area contributed by atoms with Gasteiger partial charge in [0.05, 0.1) is 11.5 Å². The summed E-state index contributed by atoms with van der Waals surface area (Å²) in [4.78, 5) is 22.4. The summed E-state index contributed by atoms with van der Waals surface area (Å²) in [6, 6.07) is 6.97. The van der Waals surface area contributed by atoms with Crippen LogP contribution < -0.4 is 4.74 Å². The highest BCUT2D eigenvalue weighted by molar-refractivity contribution is 9.10. The molecule has 140 valence electrons. The number of halogens is 2. The topological polar surface area (TPSA) is 87.9 Å². The molecule has 3 rings (SSSR count). The Kier molecular flexibility index (Phi) is 5.82. The highest BCUT2D eigenvalue weighted by Gasteiger charge is 2.21. The summed E-state index contributed by atoms with van der Waals surface area (Å²) >= 11 is 3.22. The molecule has 1 heterocycles. The van der Waals surface area contributed by atoms with Gasteiger partial charge in [0.1, 0.15) is 18.2 Å². The van der Waals surface area contributed by atoms with Gasteiger partial charge < -0.3 is 14.2 Å². The van der Waals surface area contributed by atoms with E-state index in [1.54, 1.807) is 6.07 Å². The Hall–Kier alpha value is -2.78. The van der Waals surface area contributed by atoms with Crippen LogP contribution in [0.15, 0.2) is 40.9 Å². The largest absolute Gasteiger partial charge is 0.467 e. The number of esters is 1. The van der Waals surface area contributed by atoms with Gasteiger partial charge >= 0.3 is 5.97 Å². The minimum atomic E-state index is -0.721. The van der Waals surface area contributed by atoms with E-state index < -0.39 is 16.7 Å². The van der Waals surface area contributed by atoms with E-state index in [2.05, 4.69) is 15.9 Å². The molecule has 27 heavy (non-hydrogen) atoms. The average Bonchev–Trinajstić information content (AvgIpc) is 2.66. The first-order valence-corrected chi connectivity index (χ1v) is 8.54. The van der Waals surface area contributed by atoms with Gasteiger partial charge in [0.2, 0.25) is 0 Å². The number of rotatable bonds is 5. The lowest BCUT2D eigenvalue weighted by atomic mass is 10.1. The molecule has 2 aromatic carbocycles. The molecule has 0 fully saturated rings. The quantitative estimate of drug-likeness (QED) is 0.302. The normalized spacial score (nSPS) is 13.1. The minimum Gasteiger partial charge on any atom is -0.467 e. The summed E-state index contributed by atoms with van der Waals surface area (Å²) in [6.45, 7) is -0.0536. The van der Waals surface area contributed by atoms with Crippen molar-refractivity contribution in [2.24, 2.45) is 0 Å². The van der Waals surface area contributed by atoms with Crippen LogP contribution in [0, 0.1) is 15.9 Å². The van der Waals surface area contributed by atoms with Gasteiger partial charge in [0, 0.05) is 39.4 Å². The minimum absolute atomic E-state index is 0.00776. The number of carbonyl (C=O) groups is 1. The lowest BCUT2D eigenvalue weighted by molar-refractivity contribution is -0.385. The molecule has 7 nitrogen and oxygen atoms in total. The Morgan fingerprint density at radius 2 is 2.19 bits per heavy atom. The third-order valence-corrected chi connectivity index (χ3v) is 4.20. The van der Waals surface area contributed by atoms with Crippen LogP contribution in [0.1, 0.15) is 16.7 Å². The molecule has 1 aliphatic rings. The fourth-order valence-corrected chi connectivity index (χ4v) is 2.87. The predicted molar refractivity (Wildman–Crippen MR) is 96.3 cm³/mol. The van der Waals surface area contributed by atoms with Crippen LogP contribution in [0.25, 0.3) is 6.08 Å². The number of fused-ring (bicyclic) bond motifs is 1. The van der Waals surface area contributed by atoms with Gasteiger partial charge in [-0.05, 0) is 24.3 Å². The van der Waals surface area contributed by atoms with Crippen LogP contribution in [0.4, 0.5) is 10.1 Å². The van der Waals surface area contributed by atoms with E-state index in [0.29, 0.717) is 21.3 Å². The predicted octanol–water partition coefficient (Wildman–Crippen LogP) is 4.12. The van der Waals surface area contributed by atoms with Crippen LogP contribution in [0.3, 0.4) is 0 Å². The molecule has 0 aromatic heterocycles. The third kappa shape index (κ3) is 4.69. The summed E-state index contributed by atoms with van der Waals surface area (Å²) in [5.74, 6) is -0.799. The van der Waals surface area contributed by atoms with E-state index in [4.69, 9.17) is 14.2 Å². The number of carbonyl (C=O) groups excluding carboxylic acids is 1. The standard InChI is InChI=1S/C18H13BrFNO6/c19-14-2-3-16(20)11(5-14)1-4-17(22)26-9-13-7-15(21(23)24)6-12-8-25-10-27-18(12)13/h1-7H,8-10H2. The van der Waals surface area contributed by atoms with Gasteiger partial charge in [-0.3, -0.25) is 10.1 Å². The Morgan fingerprint density at radius 3 is 2.96 bits per heavy atom. The summed E-state index contributed by atoms with van der Waals surface area (Å²) in [7, 11) is 0. The average molecular weight is 438 g/mol. The molecule has 0 N–H and O–H groups in total. The van der Waals surface area contributed by atoms with Crippen LogP contribution in [-0.4, -0.2) is 17.7 Å². The van der Waals surface area contributed by atoms with Crippen molar-refractivity contribution >= 4 is 33.7 Å². The maximum absolute atomic E-state index is 13.7. The monoisotopic (exact) mass is 437 g/mol. The highest BCUT2D eigenvalue weighted by atomic mass is 79.9. The lowest BCUT2D eigenvalue weighted by Gasteiger charge is -2.20. The molecule has 0 aliphatic carbocycles. The second-order valence-corrected chi connectivity index (χ2v) is 6.48. The molecule has 0 amide bonds. The Balaban J connectivity index is 1.73. The Bertz CT molecular complexity index is 930. The van der Waals surface area contributed by atoms with Crippen LogP contribution in [0.5, 0.6) is 5.75 Å². The zero-order chi connectivity index (χ0) is 19.4. The lowest BCUT2D eigenvalue weighted by Crippen LogP contribution is -2.14. The van der Waals surface area contributed by atoms with Crippen LogP contribution >= 0.6 is 15.9 Å². The third-order valence-electron chi connectivity index (χ3n) is 3.71. The first-order valence-electron chi connectivity index (χ1n) is 7.74. The highest BCUT2D eigenvalue weighted by Crippen LogP contribution is 2.33. The molecule has 0 saturated heterocycles. The number of benzene rings is 2. The van der Waals surface area contributed by atoms with E-state index in [-0.39, 0.29) is 31.3 Å². The molecule has 0 radical (unpaired) electrons. The van der Waals surface area contributed by atoms with Crippen molar-refractivity contribution in [3.05, 3.63) is 73.5 Å². The number of non-ortho nitro benzene ring substituents is 1. The number of nitro benzene ring substituents is 1. The smallest absolute Gasteiger partial charge is 0.331 e. The van der Waals surface area contributed by atoms with E-state index in [0.717, 1.165) is 6.08 Å². The van der Waals surface area contributed by atoms with Crippen LogP contribution in [-0.2, 0) is 27.5 Å². The van der Waals surface area contributed by atoms with Crippen molar-refractivity contribution in [2.75, 3.05) is 6.79 Å². The summed E-state index contributed by atoms with van der Waals surface area (Å²) in [5, 5.41) is 11.1.